The number of thiol groups is 1. The number of para-hydroxylation sites is 1. The van der Waals surface area contributed by atoms with Gasteiger partial charge in [-0.1, -0.05) is 25.5 Å². The molecular weight excluding hydrogens is 290 g/mol. The molecule has 2 N–H and O–H groups in total. The van der Waals surface area contributed by atoms with Gasteiger partial charge in [0, 0.05) is 5.75 Å². The first-order chi connectivity index (χ1) is 10.1. The number of hydrogen-bond donors (Lipinski definition) is 3. The number of rotatable bonds is 10. The van der Waals surface area contributed by atoms with Gasteiger partial charge >= 0.3 is 5.97 Å². The van der Waals surface area contributed by atoms with Crippen molar-refractivity contribution in [2.75, 3.05) is 18.9 Å². The number of ether oxygens (including phenoxy) is 1. The number of unbranched alkanes of at least 4 members (excludes halogenated alkanes) is 1. The number of ketones is 1. The van der Waals surface area contributed by atoms with E-state index >= 15 is 0 Å². The Morgan fingerprint density at radius 3 is 2.71 bits per heavy atom. The fourth-order valence-corrected chi connectivity index (χ4v) is 1.98. The van der Waals surface area contributed by atoms with Gasteiger partial charge in [0.15, 0.2) is 5.78 Å². The van der Waals surface area contributed by atoms with Crippen molar-refractivity contribution in [1.29, 1.82) is 0 Å². The summed E-state index contributed by atoms with van der Waals surface area (Å²) in [5.41, 5.74) is 0.462. The largest absolute Gasteiger partial charge is 0.493 e. The highest BCUT2D eigenvalue weighted by molar-refractivity contribution is 7.80. The minimum absolute atomic E-state index is 0.0638. The molecule has 0 spiro atoms. The Bertz CT molecular complexity index is 478. The Balaban J connectivity index is 2.66. The third kappa shape index (κ3) is 5.77. The van der Waals surface area contributed by atoms with E-state index in [1.807, 2.05) is 0 Å². The quantitative estimate of drug-likeness (QED) is 0.350. The molecule has 1 rings (SSSR count). The zero-order chi connectivity index (χ0) is 15.7. The average molecular weight is 311 g/mol. The van der Waals surface area contributed by atoms with Crippen LogP contribution < -0.4 is 10.1 Å². The second-order valence-corrected chi connectivity index (χ2v) is 4.94. The van der Waals surface area contributed by atoms with Crippen molar-refractivity contribution in [3.8, 4) is 5.75 Å². The first-order valence-corrected chi connectivity index (χ1v) is 7.55. The van der Waals surface area contributed by atoms with Crippen molar-refractivity contribution < 1.29 is 19.4 Å². The lowest BCUT2D eigenvalue weighted by Gasteiger charge is -2.13. The van der Waals surface area contributed by atoms with Crippen LogP contribution in [0.15, 0.2) is 24.3 Å². The first kappa shape index (κ1) is 17.5. The molecule has 1 aromatic carbocycles. The molecule has 6 heteroatoms. The lowest BCUT2D eigenvalue weighted by atomic mass is 10.1. The van der Waals surface area contributed by atoms with E-state index in [1.54, 1.807) is 24.3 Å². The van der Waals surface area contributed by atoms with Gasteiger partial charge in [-0.25, -0.2) is 0 Å². The van der Waals surface area contributed by atoms with E-state index in [1.165, 1.54) is 0 Å². The van der Waals surface area contributed by atoms with E-state index in [4.69, 9.17) is 9.84 Å². The third-order valence-corrected chi connectivity index (χ3v) is 3.30. The van der Waals surface area contributed by atoms with Crippen molar-refractivity contribution >= 4 is 24.4 Å². The molecule has 0 fully saturated rings. The zero-order valence-corrected chi connectivity index (χ0v) is 12.9. The van der Waals surface area contributed by atoms with E-state index < -0.39 is 12.0 Å². The monoisotopic (exact) mass is 311 g/mol. The Labute approximate surface area is 130 Å². The summed E-state index contributed by atoms with van der Waals surface area (Å²) in [6, 6.07) is 6.15. The SMILES string of the molecule is CCCCOc1ccccc1C(=O)CN[C@H](CS)C(=O)O. The van der Waals surface area contributed by atoms with Gasteiger partial charge in [-0.05, 0) is 18.6 Å². The van der Waals surface area contributed by atoms with E-state index in [-0.39, 0.29) is 18.1 Å². The van der Waals surface area contributed by atoms with Crippen LogP contribution in [-0.4, -0.2) is 41.8 Å². The molecule has 1 aromatic rings. The Hall–Kier alpha value is -1.53. The van der Waals surface area contributed by atoms with Gasteiger partial charge in [0.1, 0.15) is 11.8 Å². The first-order valence-electron chi connectivity index (χ1n) is 6.92. The van der Waals surface area contributed by atoms with Crippen molar-refractivity contribution in [3.05, 3.63) is 29.8 Å². The molecule has 21 heavy (non-hydrogen) atoms. The standard InChI is InChI=1S/C15H21NO4S/c1-2-3-8-20-14-7-5-4-6-11(14)13(17)9-16-12(10-21)15(18)19/h4-7,12,16,21H,2-3,8-10H2,1H3,(H,18,19)/t12-/m1/s1. The van der Waals surface area contributed by atoms with Crippen LogP contribution in [-0.2, 0) is 4.79 Å². The molecule has 0 aromatic heterocycles. The number of nitrogens with one attached hydrogen (secondary N) is 1. The van der Waals surface area contributed by atoms with Crippen LogP contribution in [0.1, 0.15) is 30.1 Å². The maximum absolute atomic E-state index is 12.2. The summed E-state index contributed by atoms with van der Waals surface area (Å²) in [6.07, 6.45) is 1.93. The molecular formula is C15H21NO4S. The van der Waals surface area contributed by atoms with Crippen LogP contribution in [0.4, 0.5) is 0 Å². The summed E-state index contributed by atoms with van der Waals surface area (Å²) in [6.45, 7) is 2.56. The fraction of sp³-hybridized carbons (Fsp3) is 0.467. The predicted octanol–water partition coefficient (Wildman–Crippen LogP) is 2.02. The van der Waals surface area contributed by atoms with Crippen LogP contribution >= 0.6 is 12.6 Å². The summed E-state index contributed by atoms with van der Waals surface area (Å²) in [5, 5.41) is 11.6. The molecule has 0 radical (unpaired) electrons. The van der Waals surface area contributed by atoms with Crippen molar-refractivity contribution in [3.63, 3.8) is 0 Å². The number of Topliss-reactive ketones (excluding diaryl/α,β-unsaturated/α-hetero) is 1. The summed E-state index contributed by atoms with van der Waals surface area (Å²) in [7, 11) is 0. The fourth-order valence-electron chi connectivity index (χ4n) is 1.69. The molecule has 5 nitrogen and oxygen atoms in total. The van der Waals surface area contributed by atoms with Gasteiger partial charge in [0.2, 0.25) is 0 Å². The number of aliphatic carboxylic acids is 1. The van der Waals surface area contributed by atoms with E-state index in [0.29, 0.717) is 17.9 Å². The average Bonchev–Trinajstić information content (AvgIpc) is 2.48. The highest BCUT2D eigenvalue weighted by Crippen LogP contribution is 2.18. The van der Waals surface area contributed by atoms with Gasteiger partial charge in [0.25, 0.3) is 0 Å². The van der Waals surface area contributed by atoms with Gasteiger partial charge in [-0.3, -0.25) is 14.9 Å². The van der Waals surface area contributed by atoms with Crippen LogP contribution in [0, 0.1) is 0 Å². The highest BCUT2D eigenvalue weighted by Gasteiger charge is 2.18. The molecule has 0 saturated heterocycles. The van der Waals surface area contributed by atoms with Crippen molar-refractivity contribution in [2.24, 2.45) is 0 Å². The molecule has 1 atom stereocenters. The normalized spacial score (nSPS) is 11.9. The van der Waals surface area contributed by atoms with E-state index in [2.05, 4.69) is 24.9 Å². The molecule has 0 saturated carbocycles. The van der Waals surface area contributed by atoms with Gasteiger partial charge in [0.05, 0.1) is 18.7 Å². The number of hydrogen-bond acceptors (Lipinski definition) is 5. The summed E-state index contributed by atoms with van der Waals surface area (Å²) in [5.74, 6) is -0.562. The van der Waals surface area contributed by atoms with E-state index in [9.17, 15) is 9.59 Å². The van der Waals surface area contributed by atoms with Gasteiger partial charge in [-0.15, -0.1) is 0 Å². The topological polar surface area (TPSA) is 75.6 Å². The molecule has 0 aliphatic rings. The minimum Gasteiger partial charge on any atom is -0.493 e. The zero-order valence-electron chi connectivity index (χ0n) is 12.0. The summed E-state index contributed by atoms with van der Waals surface area (Å²) >= 11 is 3.94. The van der Waals surface area contributed by atoms with Gasteiger partial charge < -0.3 is 9.84 Å². The van der Waals surface area contributed by atoms with E-state index in [0.717, 1.165) is 12.8 Å². The molecule has 0 amide bonds. The lowest BCUT2D eigenvalue weighted by Crippen LogP contribution is -2.41. The van der Waals surface area contributed by atoms with Crippen LogP contribution in [0.3, 0.4) is 0 Å². The highest BCUT2D eigenvalue weighted by atomic mass is 32.1. The molecule has 0 unspecified atom stereocenters. The Morgan fingerprint density at radius 2 is 2.10 bits per heavy atom. The molecule has 0 bridgehead atoms. The summed E-state index contributed by atoms with van der Waals surface area (Å²) in [4.78, 5) is 23.1. The number of carbonyl (C=O) groups excluding carboxylic acids is 1. The van der Waals surface area contributed by atoms with Crippen LogP contribution in [0.2, 0.25) is 0 Å². The predicted molar refractivity (Wildman–Crippen MR) is 84.5 cm³/mol. The number of carboxylic acid groups (broad SMARTS) is 1. The Kier molecular flexibility index (Phi) is 7.85. The second-order valence-electron chi connectivity index (χ2n) is 4.58. The maximum Gasteiger partial charge on any atom is 0.321 e. The smallest absolute Gasteiger partial charge is 0.321 e. The maximum atomic E-state index is 12.2. The molecule has 0 aliphatic heterocycles. The molecule has 116 valence electrons. The minimum atomic E-state index is -1.02. The molecule has 0 aliphatic carbocycles. The number of benzene rings is 1. The summed E-state index contributed by atoms with van der Waals surface area (Å²) < 4.78 is 5.60. The lowest BCUT2D eigenvalue weighted by molar-refractivity contribution is -0.138. The Morgan fingerprint density at radius 1 is 1.38 bits per heavy atom. The van der Waals surface area contributed by atoms with Crippen LogP contribution in [0.5, 0.6) is 5.75 Å². The molecule has 0 heterocycles. The van der Waals surface area contributed by atoms with Gasteiger partial charge in [-0.2, -0.15) is 12.6 Å². The second kappa shape index (κ2) is 9.41. The van der Waals surface area contributed by atoms with Crippen molar-refractivity contribution in [1.82, 2.24) is 5.32 Å². The van der Waals surface area contributed by atoms with Crippen molar-refractivity contribution in [2.45, 2.75) is 25.8 Å². The van der Waals surface area contributed by atoms with Crippen LogP contribution in [0.25, 0.3) is 0 Å². The third-order valence-electron chi connectivity index (χ3n) is 2.93. The number of carbonyl (C=O) groups is 2. The number of carboxylic acids is 1.